The highest BCUT2D eigenvalue weighted by Gasteiger charge is 2.33. The molecule has 0 aliphatic heterocycles. The number of ether oxygens (including phenoxy) is 8. The molecular weight excluding hydrogens is 1100 g/mol. The van der Waals surface area contributed by atoms with E-state index in [2.05, 4.69) is 0 Å². The van der Waals surface area contributed by atoms with Crippen molar-refractivity contribution >= 4 is 98.0 Å². The third-order valence-corrected chi connectivity index (χ3v) is 16.3. The first-order chi connectivity index (χ1) is 42.1. The van der Waals surface area contributed by atoms with Gasteiger partial charge in [0.1, 0.15) is 57.3 Å². The lowest BCUT2D eigenvalue weighted by molar-refractivity contribution is 0.259. The minimum Gasteiger partial charge on any atom is -0.493 e. The van der Waals surface area contributed by atoms with Gasteiger partial charge in [0.25, 0.3) is 11.1 Å². The average Bonchev–Trinajstić information content (AvgIpc) is 1.14. The first-order valence-corrected chi connectivity index (χ1v) is 27.3. The number of hydrogen-bond acceptors (Lipinski definition) is 16. The van der Waals surface area contributed by atoms with E-state index in [0.29, 0.717) is 144 Å². The molecule has 0 fully saturated rings. The topological polar surface area (TPSA) is 223 Å². The number of rotatable bonds is 16. The zero-order valence-electron chi connectivity index (χ0n) is 46.3. The lowest BCUT2D eigenvalue weighted by Gasteiger charge is -2.25. The molecule has 424 valence electrons. The van der Waals surface area contributed by atoms with Crippen molar-refractivity contribution < 1.29 is 58.3 Å². The second kappa shape index (κ2) is 20.0. The van der Waals surface area contributed by atoms with Crippen molar-refractivity contribution in [1.29, 1.82) is 0 Å². The summed E-state index contributed by atoms with van der Waals surface area (Å²) < 4.78 is 55.0. The number of fused-ring (bicyclic) bond motifs is 10. The maximum atomic E-state index is 15.8. The highest BCUT2D eigenvalue weighted by atomic mass is 16.5. The molecule has 4 N–H and O–H groups in total. The van der Waals surface area contributed by atoms with Gasteiger partial charge in [-0.05, 0) is 119 Å². The smallest absolute Gasteiger partial charge is 0.264 e. The number of benzene rings is 11. The minimum absolute atomic E-state index is 0.143. The summed E-state index contributed by atoms with van der Waals surface area (Å²) in [5, 5.41) is 47.0. The van der Waals surface area contributed by atoms with Crippen molar-refractivity contribution in [1.82, 2.24) is 18.8 Å². The predicted molar refractivity (Wildman–Crippen MR) is 326 cm³/mol. The van der Waals surface area contributed by atoms with Crippen LogP contribution in [0.4, 0.5) is 0 Å². The molecule has 0 spiro atoms. The van der Waals surface area contributed by atoms with Crippen molar-refractivity contribution in [3.8, 4) is 69.0 Å². The summed E-state index contributed by atoms with van der Waals surface area (Å²) in [6, 6.07) is 42.0. The van der Waals surface area contributed by atoms with Gasteiger partial charge in [0.15, 0.2) is 23.0 Å². The molecule has 0 radical (unpaired) electrons. The summed E-state index contributed by atoms with van der Waals surface area (Å²) in [5.41, 5.74) is 3.84. The van der Waals surface area contributed by atoms with Gasteiger partial charge >= 0.3 is 0 Å². The van der Waals surface area contributed by atoms with Gasteiger partial charge in [0.2, 0.25) is 0 Å². The number of para-hydroxylation sites is 4. The molecule has 0 amide bonds. The van der Waals surface area contributed by atoms with Crippen LogP contribution in [0.25, 0.3) is 98.0 Å². The average molecular weight is 1150 g/mol. The molecule has 18 heteroatoms. The molecule has 15 rings (SSSR count). The lowest BCUT2D eigenvalue weighted by atomic mass is 9.84. The number of nitrogens with zero attached hydrogens (tertiary/aromatic N) is 4. The van der Waals surface area contributed by atoms with Crippen LogP contribution in [0.2, 0.25) is 0 Å². The SMILES string of the molecule is COc1ccc(Oc2cc3c(=O)n4c5ccccc5nc4c4cc(Oc5ccc(CO)c(CO)c5)c5c6c(Oc7ccc(CO)c(CO)c7)cc7c(=O)n8c9ccccc9nc8c8cc(Oc9ccc(OC)c(OC)c9)c(c2c5c34)c6c78)cc1OC. The van der Waals surface area contributed by atoms with Gasteiger partial charge in [0, 0.05) is 66.0 Å². The van der Waals surface area contributed by atoms with Gasteiger partial charge in [-0.15, -0.1) is 0 Å². The first kappa shape index (κ1) is 52.1. The Bertz CT molecular complexity index is 5080. The zero-order chi connectivity index (χ0) is 58.8. The highest BCUT2D eigenvalue weighted by molar-refractivity contribution is 6.45. The Hall–Kier alpha value is -10.8. The normalized spacial score (nSPS) is 12.0. The van der Waals surface area contributed by atoms with Crippen LogP contribution in [0.1, 0.15) is 22.3 Å². The summed E-state index contributed by atoms with van der Waals surface area (Å²) in [4.78, 5) is 42.0. The Balaban J connectivity index is 1.22. The van der Waals surface area contributed by atoms with Crippen LogP contribution >= 0.6 is 0 Å². The first-order valence-electron chi connectivity index (χ1n) is 27.3. The fourth-order valence-electron chi connectivity index (χ4n) is 12.4. The largest absolute Gasteiger partial charge is 0.493 e. The molecule has 18 nitrogen and oxygen atoms in total. The molecule has 0 atom stereocenters. The molecule has 4 heterocycles. The maximum Gasteiger partial charge on any atom is 0.264 e. The van der Waals surface area contributed by atoms with Gasteiger partial charge < -0.3 is 58.3 Å². The second-order valence-electron chi connectivity index (χ2n) is 20.8. The Morgan fingerprint density at radius 1 is 0.337 bits per heavy atom. The molecule has 0 unspecified atom stereocenters. The summed E-state index contributed by atoms with van der Waals surface area (Å²) in [6.07, 6.45) is 0. The number of aromatic nitrogens is 4. The van der Waals surface area contributed by atoms with Crippen LogP contribution in [-0.4, -0.2) is 67.6 Å². The third kappa shape index (κ3) is 7.67. The Kier molecular flexibility index (Phi) is 12.1. The minimum atomic E-state index is -0.426. The number of imidazole rings is 2. The van der Waals surface area contributed by atoms with E-state index in [0.717, 1.165) is 0 Å². The van der Waals surface area contributed by atoms with Crippen molar-refractivity contribution in [2.75, 3.05) is 28.4 Å². The Labute approximate surface area is 485 Å². The predicted octanol–water partition coefficient (Wildman–Crippen LogP) is 12.4. The molecule has 0 aliphatic rings. The van der Waals surface area contributed by atoms with Crippen molar-refractivity contribution in [3.63, 3.8) is 0 Å². The van der Waals surface area contributed by atoms with E-state index in [1.165, 1.54) is 28.4 Å². The van der Waals surface area contributed by atoms with Crippen molar-refractivity contribution in [3.05, 3.63) is 189 Å². The fraction of sp³-hybridized carbons (Fsp3) is 0.118. The number of pyridine rings is 2. The van der Waals surface area contributed by atoms with Gasteiger partial charge in [0.05, 0.1) is 87.7 Å². The van der Waals surface area contributed by atoms with Crippen molar-refractivity contribution in [2.24, 2.45) is 0 Å². The molecule has 15 aromatic rings. The summed E-state index contributed by atoms with van der Waals surface area (Å²) in [5.74, 6) is 3.56. The Morgan fingerprint density at radius 2 is 0.674 bits per heavy atom. The van der Waals surface area contributed by atoms with Crippen LogP contribution in [-0.2, 0) is 26.4 Å². The van der Waals surface area contributed by atoms with E-state index in [1.54, 1.807) is 93.7 Å². The molecule has 11 aromatic carbocycles. The molecule has 0 aliphatic carbocycles. The maximum absolute atomic E-state index is 15.8. The summed E-state index contributed by atoms with van der Waals surface area (Å²) in [6.45, 7) is -1.54. The monoisotopic (exact) mass is 1140 g/mol. The third-order valence-electron chi connectivity index (χ3n) is 16.3. The van der Waals surface area contributed by atoms with Gasteiger partial charge in [-0.3, -0.25) is 18.4 Å². The van der Waals surface area contributed by atoms with Crippen LogP contribution in [0.15, 0.2) is 155 Å². The number of methoxy groups -OCH3 is 4. The summed E-state index contributed by atoms with van der Waals surface area (Å²) >= 11 is 0. The van der Waals surface area contributed by atoms with Gasteiger partial charge in [-0.1, -0.05) is 36.4 Å². The molecule has 0 saturated heterocycles. The molecule has 0 bridgehead atoms. The number of hydrogen-bond donors (Lipinski definition) is 4. The van der Waals surface area contributed by atoms with Gasteiger partial charge in [-0.25, -0.2) is 9.97 Å². The second-order valence-corrected chi connectivity index (χ2v) is 20.8. The van der Waals surface area contributed by atoms with Gasteiger partial charge in [-0.2, -0.15) is 0 Å². The summed E-state index contributed by atoms with van der Waals surface area (Å²) in [7, 11) is 6.11. The van der Waals surface area contributed by atoms with E-state index < -0.39 is 24.3 Å². The van der Waals surface area contributed by atoms with Crippen molar-refractivity contribution in [2.45, 2.75) is 26.4 Å². The van der Waals surface area contributed by atoms with E-state index in [1.807, 2.05) is 60.7 Å². The molecular formula is C68H48N4O14. The number of aliphatic hydroxyl groups is 4. The molecule has 0 saturated carbocycles. The lowest BCUT2D eigenvalue weighted by Crippen LogP contribution is -2.15. The zero-order valence-corrected chi connectivity index (χ0v) is 46.3. The van der Waals surface area contributed by atoms with Crippen LogP contribution in [0, 0.1) is 0 Å². The standard InChI is InChI=1S/C68H48N4O14/c1-79-49-19-17-39(23-51(49)81-3)85-54-26-42-58-43(67(77)72-48-12-8-6-10-46(48)70-66(42)72)27-55(84-38-16-14-34(30-74)36(22-38)32-76)61-59-53(83-37-15-13-33(29-73)35(21-37)31-75)25-41-57-44(68(78)71-47-11-7-5-9-45(47)69-65(41)71)28-56(62(63(57)59)60(54)64(58)61)86-40-18-20-50(80-2)52(24-40)82-4/h5-28,73-76H,29-32H2,1-4H3. The molecule has 4 aromatic heterocycles. The van der Waals surface area contributed by atoms with E-state index >= 15 is 9.59 Å². The highest BCUT2D eigenvalue weighted by Crippen LogP contribution is 2.58. The van der Waals surface area contributed by atoms with E-state index in [-0.39, 0.29) is 58.5 Å². The van der Waals surface area contributed by atoms with Crippen LogP contribution in [0.3, 0.4) is 0 Å². The fourth-order valence-corrected chi connectivity index (χ4v) is 12.4. The van der Waals surface area contributed by atoms with E-state index in [4.69, 9.17) is 47.9 Å². The van der Waals surface area contributed by atoms with E-state index in [9.17, 15) is 20.4 Å². The molecule has 86 heavy (non-hydrogen) atoms. The van der Waals surface area contributed by atoms with Crippen LogP contribution in [0.5, 0.6) is 69.0 Å². The van der Waals surface area contributed by atoms with Crippen LogP contribution < -0.4 is 49.0 Å². The quantitative estimate of drug-likeness (QED) is 0.0521. The Morgan fingerprint density at radius 3 is 1.03 bits per heavy atom. The number of aliphatic hydroxyl groups excluding tert-OH is 4.